The molecule has 10 aromatic rings. The predicted molar refractivity (Wildman–Crippen MR) is 293 cm³/mol. The Balaban J connectivity index is 1.46. The molecule has 0 aromatic heterocycles. The second-order valence-electron chi connectivity index (χ2n) is 20.2. The molecule has 10 rings (SSSR count). The lowest BCUT2D eigenvalue weighted by molar-refractivity contribution is 0.631. The summed E-state index contributed by atoms with van der Waals surface area (Å²) in [4.78, 5) is 0. The SMILES string of the molecule is Cc1cc(C)c(B(c2c(C)cc(C)cc2C)c2cc(-c3ccccc3F)c3ccc4c(-c5ccccc5F)cc(B(c5c(C)cc(C)cc5C)c5c(C)cc(C)cc5C)c5ccc2c3c54)c(C)c1. The molecular formula is C64H58B2F2. The van der Waals surface area contributed by atoms with Gasteiger partial charge in [-0.15, -0.1) is 0 Å². The zero-order valence-corrected chi connectivity index (χ0v) is 41.6. The Morgan fingerprint density at radius 1 is 0.279 bits per heavy atom. The third-order valence-electron chi connectivity index (χ3n) is 15.0. The first-order chi connectivity index (χ1) is 32.5. The number of benzene rings is 10. The average molecular weight is 887 g/mol. The molecule has 0 aliphatic heterocycles. The van der Waals surface area contributed by atoms with Crippen molar-refractivity contribution in [3.05, 3.63) is 212 Å². The zero-order valence-electron chi connectivity index (χ0n) is 41.6. The monoisotopic (exact) mass is 886 g/mol. The van der Waals surface area contributed by atoms with Crippen molar-refractivity contribution in [2.75, 3.05) is 0 Å². The van der Waals surface area contributed by atoms with Gasteiger partial charge in [0, 0.05) is 11.1 Å². The van der Waals surface area contributed by atoms with Crippen LogP contribution in [0.1, 0.15) is 66.8 Å². The first-order valence-electron chi connectivity index (χ1n) is 24.1. The van der Waals surface area contributed by atoms with E-state index in [0.717, 1.165) is 54.4 Å². The van der Waals surface area contributed by atoms with Gasteiger partial charge >= 0.3 is 0 Å². The average Bonchev–Trinajstić information content (AvgIpc) is 3.26. The highest BCUT2D eigenvalue weighted by Gasteiger charge is 2.35. The third kappa shape index (κ3) is 7.36. The van der Waals surface area contributed by atoms with Gasteiger partial charge in [0.05, 0.1) is 0 Å². The Bertz CT molecular complexity index is 3240. The molecule has 0 spiro atoms. The van der Waals surface area contributed by atoms with E-state index in [9.17, 15) is 0 Å². The Labute approximate surface area is 402 Å². The fraction of sp³-hybridized carbons (Fsp3) is 0.188. The summed E-state index contributed by atoms with van der Waals surface area (Å²) in [5, 5.41) is 6.30. The van der Waals surface area contributed by atoms with E-state index in [1.807, 2.05) is 24.3 Å². The number of hydrogen-bond acceptors (Lipinski definition) is 0. The van der Waals surface area contributed by atoms with Crippen molar-refractivity contribution < 1.29 is 8.78 Å². The highest BCUT2D eigenvalue weighted by molar-refractivity contribution is 6.99. The molecule has 0 nitrogen and oxygen atoms in total. The van der Waals surface area contributed by atoms with Gasteiger partial charge in [-0.2, -0.15) is 0 Å². The predicted octanol–water partition coefficient (Wildman–Crippen LogP) is 12.9. The molecule has 0 aliphatic carbocycles. The highest BCUT2D eigenvalue weighted by atomic mass is 19.1. The highest BCUT2D eigenvalue weighted by Crippen LogP contribution is 2.43. The second-order valence-corrected chi connectivity index (χ2v) is 20.2. The van der Waals surface area contributed by atoms with Crippen LogP contribution in [0.4, 0.5) is 8.78 Å². The van der Waals surface area contributed by atoms with E-state index in [0.29, 0.717) is 11.1 Å². The number of halogens is 2. The summed E-state index contributed by atoms with van der Waals surface area (Å²) < 4.78 is 33.3. The van der Waals surface area contributed by atoms with Crippen molar-refractivity contribution in [2.45, 2.75) is 83.1 Å². The molecule has 0 fully saturated rings. The molecule has 0 saturated heterocycles. The van der Waals surface area contributed by atoms with Crippen molar-refractivity contribution in [1.29, 1.82) is 0 Å². The maximum absolute atomic E-state index is 16.7. The van der Waals surface area contributed by atoms with Crippen LogP contribution < -0.4 is 32.8 Å². The van der Waals surface area contributed by atoms with Crippen LogP contribution in [0, 0.1) is 94.7 Å². The topological polar surface area (TPSA) is 0 Å². The Morgan fingerprint density at radius 3 is 0.794 bits per heavy atom. The van der Waals surface area contributed by atoms with E-state index >= 15 is 8.78 Å². The fourth-order valence-electron chi connectivity index (χ4n) is 12.8. The molecule has 0 aliphatic rings. The van der Waals surface area contributed by atoms with Gasteiger partial charge in [-0.3, -0.25) is 0 Å². The summed E-state index contributed by atoms with van der Waals surface area (Å²) in [7, 11) is 0. The smallest absolute Gasteiger partial charge is 0.206 e. The standard InChI is InChI=1S/C64H58B2F2/c1-35-25-39(5)61(40(6)26-35)65(62-41(7)27-36(2)28-42(62)8)55-33-53(47-17-13-15-19-57(47)67)49-21-22-50-54(48-18-14-16-20-58(48)68)34-56(52-24-23-51(55)59(49)60(50)52)66(63-43(9)29-37(3)30-44(63)10)64-45(11)31-38(4)32-46(64)12/h13-34H,1-12H3. The van der Waals surface area contributed by atoms with Gasteiger partial charge in [0.15, 0.2) is 0 Å². The summed E-state index contributed by atoms with van der Waals surface area (Å²) in [6, 6.07) is 46.5. The van der Waals surface area contributed by atoms with Gasteiger partial charge in [0.1, 0.15) is 11.6 Å². The number of rotatable bonds is 8. The molecule has 4 heteroatoms. The Kier molecular flexibility index (Phi) is 11.3. The van der Waals surface area contributed by atoms with Crippen LogP contribution in [0.15, 0.2) is 133 Å². The van der Waals surface area contributed by atoms with E-state index in [-0.39, 0.29) is 25.1 Å². The van der Waals surface area contributed by atoms with E-state index in [2.05, 4.69) is 168 Å². The minimum absolute atomic E-state index is 0.180. The molecule has 10 aromatic carbocycles. The van der Waals surface area contributed by atoms with Crippen LogP contribution >= 0.6 is 0 Å². The van der Waals surface area contributed by atoms with E-state index < -0.39 is 0 Å². The van der Waals surface area contributed by atoms with Crippen LogP contribution in [0.2, 0.25) is 0 Å². The van der Waals surface area contributed by atoms with Gasteiger partial charge < -0.3 is 0 Å². The molecule has 0 atom stereocenters. The van der Waals surface area contributed by atoms with Crippen molar-refractivity contribution >= 4 is 78.5 Å². The maximum Gasteiger partial charge on any atom is 0.243 e. The van der Waals surface area contributed by atoms with Crippen molar-refractivity contribution in [1.82, 2.24) is 0 Å². The van der Waals surface area contributed by atoms with Crippen LogP contribution in [0.5, 0.6) is 0 Å². The summed E-state index contributed by atoms with van der Waals surface area (Å²) in [6.07, 6.45) is 0. The lowest BCUT2D eigenvalue weighted by atomic mass is 9.33. The van der Waals surface area contributed by atoms with Crippen LogP contribution in [-0.2, 0) is 0 Å². The molecule has 0 heterocycles. The molecule has 0 radical (unpaired) electrons. The van der Waals surface area contributed by atoms with Gasteiger partial charge in [-0.1, -0.05) is 221 Å². The van der Waals surface area contributed by atoms with Crippen LogP contribution in [-0.4, -0.2) is 13.4 Å². The van der Waals surface area contributed by atoms with Crippen molar-refractivity contribution in [2.24, 2.45) is 0 Å². The molecule has 0 bridgehead atoms. The van der Waals surface area contributed by atoms with E-state index in [4.69, 9.17) is 0 Å². The van der Waals surface area contributed by atoms with E-state index in [1.165, 1.54) is 88.6 Å². The summed E-state index contributed by atoms with van der Waals surface area (Å²) in [5.41, 5.74) is 24.8. The maximum atomic E-state index is 16.7. The molecule has 0 amide bonds. The summed E-state index contributed by atoms with van der Waals surface area (Å²) >= 11 is 0. The van der Waals surface area contributed by atoms with Gasteiger partial charge in [0.2, 0.25) is 13.4 Å². The first-order valence-corrected chi connectivity index (χ1v) is 24.1. The van der Waals surface area contributed by atoms with E-state index in [1.54, 1.807) is 24.3 Å². The second kappa shape index (κ2) is 17.1. The van der Waals surface area contributed by atoms with Crippen LogP contribution in [0.3, 0.4) is 0 Å². The third-order valence-corrected chi connectivity index (χ3v) is 15.0. The molecule has 334 valence electrons. The van der Waals surface area contributed by atoms with Gasteiger partial charge in [-0.05, 0) is 139 Å². The minimum Gasteiger partial charge on any atom is -0.206 e. The molecule has 0 unspecified atom stereocenters. The molecule has 0 N–H and O–H groups in total. The molecule has 0 saturated carbocycles. The zero-order chi connectivity index (χ0) is 48.0. The van der Waals surface area contributed by atoms with Crippen molar-refractivity contribution in [3.63, 3.8) is 0 Å². The Morgan fingerprint density at radius 2 is 0.529 bits per heavy atom. The lowest BCUT2D eigenvalue weighted by Gasteiger charge is -2.29. The lowest BCUT2D eigenvalue weighted by Crippen LogP contribution is -2.56. The summed E-state index contributed by atoms with van der Waals surface area (Å²) in [6.45, 7) is 26.3. The van der Waals surface area contributed by atoms with Gasteiger partial charge in [0.25, 0.3) is 0 Å². The largest absolute Gasteiger partial charge is 0.243 e. The molecule has 68 heavy (non-hydrogen) atoms. The number of aryl methyl sites for hydroxylation is 12. The fourth-order valence-corrected chi connectivity index (χ4v) is 12.8. The number of hydrogen-bond donors (Lipinski definition) is 0. The van der Waals surface area contributed by atoms with Crippen molar-refractivity contribution in [3.8, 4) is 22.3 Å². The Hall–Kier alpha value is -6.77. The normalized spacial score (nSPS) is 11.7. The first kappa shape index (κ1) is 45.0. The molecular weight excluding hydrogens is 828 g/mol. The quantitative estimate of drug-likeness (QED) is 0.105. The minimum atomic E-state index is -0.265. The van der Waals surface area contributed by atoms with Crippen LogP contribution in [0.25, 0.3) is 54.6 Å². The van der Waals surface area contributed by atoms with Gasteiger partial charge in [-0.25, -0.2) is 8.78 Å². The summed E-state index contributed by atoms with van der Waals surface area (Å²) in [5.74, 6) is -0.530.